The molecule has 0 saturated carbocycles. The summed E-state index contributed by atoms with van der Waals surface area (Å²) in [6.07, 6.45) is 24.3. The van der Waals surface area contributed by atoms with E-state index in [1.807, 2.05) is 30.5 Å². The van der Waals surface area contributed by atoms with Crippen LogP contribution in [0, 0.1) is 0 Å². The van der Waals surface area contributed by atoms with E-state index in [1.54, 1.807) is 6.07 Å². The molecule has 0 aliphatic rings. The van der Waals surface area contributed by atoms with Crippen LogP contribution >= 0.6 is 11.6 Å². The number of rotatable bonds is 26. The normalized spacial score (nSPS) is 11.5. The predicted octanol–water partition coefficient (Wildman–Crippen LogP) is 9.66. The van der Waals surface area contributed by atoms with Gasteiger partial charge in [-0.25, -0.2) is 0 Å². The second-order valence-corrected chi connectivity index (χ2v) is 12.5. The maximum absolute atomic E-state index is 12.9. The van der Waals surface area contributed by atoms with E-state index in [9.17, 15) is 4.79 Å². The molecular formula is C36H59ClN2O3. The number of hydrogen-bond acceptors (Lipinski definition) is 4. The largest absolute Gasteiger partial charge is 0.488 e. The summed E-state index contributed by atoms with van der Waals surface area (Å²) in [7, 11) is 4.12. The third-order valence-corrected chi connectivity index (χ3v) is 8.10. The molecule has 0 unspecified atom stereocenters. The highest BCUT2D eigenvalue weighted by Crippen LogP contribution is 2.16. The molecule has 0 bridgehead atoms. The van der Waals surface area contributed by atoms with Crippen LogP contribution in [0.4, 0.5) is 0 Å². The van der Waals surface area contributed by atoms with Gasteiger partial charge in [0.25, 0.3) is 0 Å². The Labute approximate surface area is 261 Å². The highest BCUT2D eigenvalue weighted by molar-refractivity contribution is 6.30. The lowest BCUT2D eigenvalue weighted by molar-refractivity contribution is 0.108. The van der Waals surface area contributed by atoms with Crippen LogP contribution in [0.5, 0.6) is 5.75 Å². The maximum atomic E-state index is 12.9. The van der Waals surface area contributed by atoms with E-state index in [0.717, 1.165) is 37.1 Å². The number of halogens is 1. The number of unbranched alkanes of at least 4 members (excludes halogenated alkanes) is 15. The maximum Gasteiger partial charge on any atom is 0.223 e. The van der Waals surface area contributed by atoms with E-state index < -0.39 is 0 Å². The standard InChI is InChI=1S/C36H59ClN2O3/c1-4-5-6-7-8-9-10-11-12-13-14-15-16-17-18-19-27-42-36-30-39(29-32-21-23-33(37)24-22-32)34(28-35(36)40)31-41-26-20-25-38(2)3/h21-24,28,30H,4-20,25-27,29,31H2,1-3H3. The molecule has 0 saturated heterocycles. The summed E-state index contributed by atoms with van der Waals surface area (Å²) in [6.45, 7) is 5.52. The van der Waals surface area contributed by atoms with Crippen molar-refractivity contribution >= 4 is 11.6 Å². The third kappa shape index (κ3) is 17.3. The van der Waals surface area contributed by atoms with E-state index in [4.69, 9.17) is 21.1 Å². The van der Waals surface area contributed by atoms with Crippen molar-refractivity contribution < 1.29 is 9.47 Å². The van der Waals surface area contributed by atoms with Crippen LogP contribution in [0.2, 0.25) is 5.02 Å². The topological polar surface area (TPSA) is 43.7 Å². The molecule has 0 radical (unpaired) electrons. The van der Waals surface area contributed by atoms with Crippen LogP contribution in [0.1, 0.15) is 127 Å². The molecule has 1 aromatic heterocycles. The van der Waals surface area contributed by atoms with Gasteiger partial charge in [-0.3, -0.25) is 4.79 Å². The van der Waals surface area contributed by atoms with Crippen molar-refractivity contribution in [1.82, 2.24) is 9.47 Å². The average molecular weight is 603 g/mol. The smallest absolute Gasteiger partial charge is 0.223 e. The molecule has 0 aliphatic carbocycles. The van der Waals surface area contributed by atoms with Crippen LogP contribution in [0.15, 0.2) is 41.3 Å². The van der Waals surface area contributed by atoms with Crippen LogP contribution in [-0.2, 0) is 17.9 Å². The molecule has 0 N–H and O–H groups in total. The zero-order valence-corrected chi connectivity index (χ0v) is 27.8. The Hall–Kier alpha value is -1.82. The van der Waals surface area contributed by atoms with Gasteiger partial charge in [0.15, 0.2) is 5.75 Å². The average Bonchev–Trinajstić information content (AvgIpc) is 2.97. The Morgan fingerprint density at radius 1 is 0.738 bits per heavy atom. The molecule has 238 valence electrons. The molecule has 6 heteroatoms. The molecule has 0 fully saturated rings. The lowest BCUT2D eigenvalue weighted by Crippen LogP contribution is -2.18. The molecular weight excluding hydrogens is 544 g/mol. The van der Waals surface area contributed by atoms with Crippen molar-refractivity contribution in [2.45, 2.75) is 129 Å². The lowest BCUT2D eigenvalue weighted by Gasteiger charge is -2.17. The zero-order valence-electron chi connectivity index (χ0n) is 27.0. The van der Waals surface area contributed by atoms with Crippen LogP contribution in [0.3, 0.4) is 0 Å². The van der Waals surface area contributed by atoms with Gasteiger partial charge in [-0.15, -0.1) is 0 Å². The van der Waals surface area contributed by atoms with Crippen LogP contribution in [0.25, 0.3) is 0 Å². The minimum absolute atomic E-state index is 0.0780. The molecule has 42 heavy (non-hydrogen) atoms. The molecule has 0 amide bonds. The predicted molar refractivity (Wildman–Crippen MR) is 179 cm³/mol. The van der Waals surface area contributed by atoms with Crippen LogP contribution < -0.4 is 10.2 Å². The summed E-state index contributed by atoms with van der Waals surface area (Å²) in [5.74, 6) is 0.418. The highest BCUT2D eigenvalue weighted by Gasteiger charge is 2.10. The number of pyridine rings is 1. The van der Waals surface area contributed by atoms with Crippen LogP contribution in [-0.4, -0.2) is 43.3 Å². The molecule has 0 spiro atoms. The second kappa shape index (κ2) is 23.6. The third-order valence-electron chi connectivity index (χ3n) is 7.85. The first-order valence-electron chi connectivity index (χ1n) is 16.8. The Balaban J connectivity index is 1.66. The number of aromatic nitrogens is 1. The lowest BCUT2D eigenvalue weighted by atomic mass is 10.0. The van der Waals surface area contributed by atoms with Gasteiger partial charge in [0, 0.05) is 29.9 Å². The quantitative estimate of drug-likeness (QED) is 0.101. The van der Waals surface area contributed by atoms with Crippen molar-refractivity contribution in [2.24, 2.45) is 0 Å². The Morgan fingerprint density at radius 3 is 1.83 bits per heavy atom. The highest BCUT2D eigenvalue weighted by atomic mass is 35.5. The molecule has 2 aromatic rings. The van der Waals surface area contributed by atoms with Crippen molar-refractivity contribution in [1.29, 1.82) is 0 Å². The van der Waals surface area contributed by atoms with Crippen molar-refractivity contribution in [3.63, 3.8) is 0 Å². The van der Waals surface area contributed by atoms with Gasteiger partial charge in [-0.2, -0.15) is 0 Å². The summed E-state index contributed by atoms with van der Waals surface area (Å²) in [5.41, 5.74) is 1.89. The molecule has 2 rings (SSSR count). The van der Waals surface area contributed by atoms with E-state index >= 15 is 0 Å². The van der Waals surface area contributed by atoms with Crippen molar-refractivity contribution in [2.75, 3.05) is 33.9 Å². The van der Waals surface area contributed by atoms with E-state index in [2.05, 4.69) is 30.5 Å². The first-order valence-corrected chi connectivity index (χ1v) is 17.2. The van der Waals surface area contributed by atoms with Gasteiger partial charge < -0.3 is 18.9 Å². The Kier molecular flexibility index (Phi) is 20.4. The van der Waals surface area contributed by atoms with E-state index in [-0.39, 0.29) is 5.43 Å². The number of hydrogen-bond donors (Lipinski definition) is 0. The van der Waals surface area contributed by atoms with Gasteiger partial charge in [0.05, 0.1) is 19.4 Å². The van der Waals surface area contributed by atoms with Crippen molar-refractivity contribution in [3.05, 3.63) is 63.0 Å². The fourth-order valence-electron chi connectivity index (χ4n) is 5.25. The Bertz CT molecular complexity index is 990. The summed E-state index contributed by atoms with van der Waals surface area (Å²) in [6, 6.07) is 9.49. The number of ether oxygens (including phenoxy) is 2. The van der Waals surface area contributed by atoms with Crippen molar-refractivity contribution in [3.8, 4) is 5.75 Å². The molecule has 0 aliphatic heterocycles. The number of nitrogens with zero attached hydrogens (tertiary/aromatic N) is 2. The van der Waals surface area contributed by atoms with Gasteiger partial charge in [-0.1, -0.05) is 127 Å². The summed E-state index contributed by atoms with van der Waals surface area (Å²) in [5, 5.41) is 0.714. The van der Waals surface area contributed by atoms with Gasteiger partial charge in [0.1, 0.15) is 0 Å². The van der Waals surface area contributed by atoms with E-state index in [1.165, 1.54) is 89.9 Å². The number of benzene rings is 1. The molecule has 1 heterocycles. The SMILES string of the molecule is CCCCCCCCCCCCCCCCCCOc1cn(Cc2ccc(Cl)cc2)c(COCCCN(C)C)cc1=O. The zero-order chi connectivity index (χ0) is 30.3. The fraction of sp³-hybridized carbons (Fsp3) is 0.694. The monoisotopic (exact) mass is 602 g/mol. The minimum atomic E-state index is -0.0780. The first-order chi connectivity index (χ1) is 20.5. The Morgan fingerprint density at radius 2 is 1.29 bits per heavy atom. The van der Waals surface area contributed by atoms with Gasteiger partial charge in [0.2, 0.25) is 5.43 Å². The van der Waals surface area contributed by atoms with E-state index in [0.29, 0.717) is 37.1 Å². The molecule has 1 aromatic carbocycles. The minimum Gasteiger partial charge on any atom is -0.488 e. The molecule has 5 nitrogen and oxygen atoms in total. The summed E-state index contributed by atoms with van der Waals surface area (Å²) < 4.78 is 14.0. The first kappa shape index (κ1) is 36.4. The fourth-order valence-corrected chi connectivity index (χ4v) is 5.38. The summed E-state index contributed by atoms with van der Waals surface area (Å²) >= 11 is 6.08. The second-order valence-electron chi connectivity index (χ2n) is 12.1. The molecule has 0 atom stereocenters. The summed E-state index contributed by atoms with van der Waals surface area (Å²) in [4.78, 5) is 15.0. The van der Waals surface area contributed by atoms with Gasteiger partial charge in [-0.05, 0) is 51.2 Å². The van der Waals surface area contributed by atoms with Gasteiger partial charge >= 0.3 is 0 Å².